The lowest BCUT2D eigenvalue weighted by Gasteiger charge is -2.39. The molecule has 3 heterocycles. The number of benzene rings is 2. The molecule has 0 spiro atoms. The van der Waals surface area contributed by atoms with Gasteiger partial charge in [-0.3, -0.25) is 4.79 Å². The van der Waals surface area contributed by atoms with Gasteiger partial charge >= 0.3 is 12.0 Å². The van der Waals surface area contributed by atoms with Gasteiger partial charge < -0.3 is 28.8 Å². The summed E-state index contributed by atoms with van der Waals surface area (Å²) >= 11 is 0. The first-order chi connectivity index (χ1) is 18.8. The molecule has 39 heavy (non-hydrogen) atoms. The first-order valence-electron chi connectivity index (χ1n) is 13.1. The maximum Gasteiger partial charge on any atom is 0.338 e. The summed E-state index contributed by atoms with van der Waals surface area (Å²) in [6.45, 7) is 7.77. The molecule has 3 amide bonds. The van der Waals surface area contributed by atoms with E-state index in [0.29, 0.717) is 55.4 Å². The quantitative estimate of drug-likeness (QED) is 0.349. The van der Waals surface area contributed by atoms with Crippen LogP contribution in [0.3, 0.4) is 0 Å². The van der Waals surface area contributed by atoms with Crippen LogP contribution in [-0.2, 0) is 11.3 Å². The number of nitrogens with one attached hydrogen (secondary N) is 1. The summed E-state index contributed by atoms with van der Waals surface area (Å²) in [5, 5.41) is 3.77. The molecule has 2 aromatic heterocycles. The van der Waals surface area contributed by atoms with E-state index in [9.17, 15) is 14.4 Å². The van der Waals surface area contributed by atoms with Crippen molar-refractivity contribution in [2.75, 3.05) is 31.6 Å². The van der Waals surface area contributed by atoms with Crippen LogP contribution in [0.25, 0.3) is 11.1 Å². The van der Waals surface area contributed by atoms with Crippen molar-refractivity contribution < 1.29 is 23.5 Å². The van der Waals surface area contributed by atoms with Crippen molar-refractivity contribution in [3.63, 3.8) is 0 Å². The Hall–Kier alpha value is -4.53. The number of fused-ring (bicyclic) bond motifs is 1. The monoisotopic (exact) mass is 528 g/mol. The van der Waals surface area contributed by atoms with Gasteiger partial charge in [0.25, 0.3) is 5.91 Å². The molecule has 202 valence electrons. The van der Waals surface area contributed by atoms with E-state index in [1.54, 1.807) is 47.3 Å². The normalized spacial score (nSPS) is 15.4. The predicted octanol–water partition coefficient (Wildman–Crippen LogP) is 5.15. The average Bonchev–Trinajstić information content (AvgIpc) is 3.51. The molecule has 5 rings (SSSR count). The van der Waals surface area contributed by atoms with Crippen molar-refractivity contribution >= 4 is 34.7 Å². The van der Waals surface area contributed by atoms with Gasteiger partial charge in [0, 0.05) is 36.7 Å². The van der Waals surface area contributed by atoms with Gasteiger partial charge in [-0.2, -0.15) is 0 Å². The van der Waals surface area contributed by atoms with Crippen molar-refractivity contribution in [3.05, 3.63) is 89.3 Å². The molecule has 1 aliphatic rings. The molecular weight excluding hydrogens is 496 g/mol. The summed E-state index contributed by atoms with van der Waals surface area (Å²) in [6, 6.07) is 18.1. The number of nitrogens with zero attached hydrogens (tertiary/aromatic N) is 3. The highest BCUT2D eigenvalue weighted by Crippen LogP contribution is 2.25. The molecule has 0 bridgehead atoms. The van der Waals surface area contributed by atoms with E-state index in [1.165, 1.54) is 0 Å². The van der Waals surface area contributed by atoms with Crippen LogP contribution in [0.15, 0.2) is 71.3 Å². The Balaban J connectivity index is 1.26. The SMILES string of the molecule is CCOC(=O)c1ccc(NC(=O)N2CCN(C(=O)c3cc4ccoc4n3Cc3cccc(C)c3)CC2C)cc1. The lowest BCUT2D eigenvalue weighted by molar-refractivity contribution is 0.0525. The summed E-state index contributed by atoms with van der Waals surface area (Å²) in [7, 11) is 0. The maximum absolute atomic E-state index is 13.7. The highest BCUT2D eigenvalue weighted by Gasteiger charge is 2.32. The molecule has 0 radical (unpaired) electrons. The average molecular weight is 529 g/mol. The van der Waals surface area contributed by atoms with Crippen molar-refractivity contribution in [2.45, 2.75) is 33.4 Å². The van der Waals surface area contributed by atoms with E-state index in [0.717, 1.165) is 16.5 Å². The van der Waals surface area contributed by atoms with Gasteiger partial charge in [0.1, 0.15) is 5.69 Å². The first-order valence-corrected chi connectivity index (χ1v) is 13.1. The highest BCUT2D eigenvalue weighted by molar-refractivity contribution is 5.98. The van der Waals surface area contributed by atoms with Gasteiger partial charge in [0.15, 0.2) is 0 Å². The molecule has 9 nitrogen and oxygen atoms in total. The number of carbonyl (C=O) groups is 3. The summed E-state index contributed by atoms with van der Waals surface area (Å²) in [4.78, 5) is 42.1. The van der Waals surface area contributed by atoms with Crippen LogP contribution >= 0.6 is 0 Å². The fourth-order valence-electron chi connectivity index (χ4n) is 5.01. The minimum Gasteiger partial charge on any atom is -0.462 e. The summed E-state index contributed by atoms with van der Waals surface area (Å²) in [6.07, 6.45) is 1.63. The Bertz CT molecular complexity index is 1500. The van der Waals surface area contributed by atoms with E-state index < -0.39 is 5.97 Å². The lowest BCUT2D eigenvalue weighted by atomic mass is 10.1. The molecule has 1 saturated heterocycles. The van der Waals surface area contributed by atoms with Crippen LogP contribution in [0.1, 0.15) is 45.8 Å². The van der Waals surface area contributed by atoms with Crippen LogP contribution in [0.2, 0.25) is 0 Å². The summed E-state index contributed by atoms with van der Waals surface area (Å²) in [5.74, 6) is -0.488. The number of aromatic nitrogens is 1. The number of esters is 1. The Labute approximate surface area is 226 Å². The Morgan fingerprint density at radius 3 is 2.56 bits per heavy atom. The fourth-order valence-corrected chi connectivity index (χ4v) is 5.01. The second-order valence-corrected chi connectivity index (χ2v) is 9.81. The largest absolute Gasteiger partial charge is 0.462 e. The standard InChI is InChI=1S/C30H32N4O5/c1-4-38-29(36)23-8-10-25(11-9-23)31-30(37)33-14-13-32(18-21(33)3)27(35)26-17-24-12-15-39-28(24)34(26)19-22-7-5-6-20(2)16-22/h5-12,15-17,21H,4,13-14,18-19H2,1-3H3,(H,31,37). The fraction of sp³-hybridized carbons (Fsp3) is 0.300. The van der Waals surface area contributed by atoms with Crippen LogP contribution < -0.4 is 5.32 Å². The van der Waals surface area contributed by atoms with E-state index in [4.69, 9.17) is 9.15 Å². The lowest BCUT2D eigenvalue weighted by Crippen LogP contribution is -2.56. The number of anilines is 1. The number of furan rings is 1. The molecule has 1 atom stereocenters. The molecule has 0 aliphatic carbocycles. The van der Waals surface area contributed by atoms with Gasteiger partial charge in [0.05, 0.1) is 25.0 Å². The second kappa shape index (κ2) is 11.1. The number of hydrogen-bond donors (Lipinski definition) is 1. The molecule has 1 N–H and O–H groups in total. The number of carbonyl (C=O) groups excluding carboxylic acids is 3. The number of aryl methyl sites for hydroxylation is 1. The zero-order valence-electron chi connectivity index (χ0n) is 22.3. The van der Waals surface area contributed by atoms with E-state index in [2.05, 4.69) is 11.4 Å². The minimum atomic E-state index is -0.400. The Kier molecular flexibility index (Phi) is 7.40. The number of piperazine rings is 1. The predicted molar refractivity (Wildman–Crippen MR) is 148 cm³/mol. The van der Waals surface area contributed by atoms with Crippen LogP contribution in [-0.4, -0.2) is 64.6 Å². The Morgan fingerprint density at radius 2 is 1.85 bits per heavy atom. The molecular formula is C30H32N4O5. The number of ether oxygens (including phenoxy) is 1. The summed E-state index contributed by atoms with van der Waals surface area (Å²) < 4.78 is 12.7. The van der Waals surface area contributed by atoms with Gasteiger partial charge in [0.2, 0.25) is 5.71 Å². The van der Waals surface area contributed by atoms with Gasteiger partial charge in [-0.15, -0.1) is 0 Å². The van der Waals surface area contributed by atoms with E-state index >= 15 is 0 Å². The number of urea groups is 1. The highest BCUT2D eigenvalue weighted by atomic mass is 16.5. The van der Waals surface area contributed by atoms with Crippen LogP contribution in [0, 0.1) is 6.92 Å². The molecule has 4 aromatic rings. The molecule has 0 saturated carbocycles. The second-order valence-electron chi connectivity index (χ2n) is 9.81. The molecule has 2 aromatic carbocycles. The third-order valence-electron chi connectivity index (χ3n) is 6.97. The molecule has 1 unspecified atom stereocenters. The number of rotatable bonds is 6. The minimum absolute atomic E-state index is 0.0875. The van der Waals surface area contributed by atoms with Gasteiger partial charge in [-0.05, 0) is 62.7 Å². The first kappa shape index (κ1) is 26.1. The van der Waals surface area contributed by atoms with Crippen LogP contribution in [0.4, 0.5) is 10.5 Å². The van der Waals surface area contributed by atoms with Gasteiger partial charge in [-0.1, -0.05) is 29.8 Å². The van der Waals surface area contributed by atoms with Crippen molar-refractivity contribution in [1.82, 2.24) is 14.4 Å². The maximum atomic E-state index is 13.7. The topological polar surface area (TPSA) is 97.0 Å². The van der Waals surface area contributed by atoms with Crippen molar-refractivity contribution in [2.24, 2.45) is 0 Å². The third-order valence-corrected chi connectivity index (χ3v) is 6.97. The van der Waals surface area contributed by atoms with Gasteiger partial charge in [-0.25, -0.2) is 9.59 Å². The smallest absolute Gasteiger partial charge is 0.338 e. The summed E-state index contributed by atoms with van der Waals surface area (Å²) in [5.41, 5.74) is 4.48. The third kappa shape index (κ3) is 5.52. The number of amides is 3. The zero-order chi connectivity index (χ0) is 27.5. The Morgan fingerprint density at radius 1 is 1.05 bits per heavy atom. The van der Waals surface area contributed by atoms with Crippen molar-refractivity contribution in [1.29, 1.82) is 0 Å². The molecule has 1 aliphatic heterocycles. The molecule has 9 heteroatoms. The molecule has 1 fully saturated rings. The zero-order valence-corrected chi connectivity index (χ0v) is 22.3. The van der Waals surface area contributed by atoms with E-state index in [1.807, 2.05) is 48.7 Å². The van der Waals surface area contributed by atoms with E-state index in [-0.39, 0.29) is 18.0 Å². The van der Waals surface area contributed by atoms with Crippen molar-refractivity contribution in [3.8, 4) is 0 Å². The van der Waals surface area contributed by atoms with Crippen LogP contribution in [0.5, 0.6) is 0 Å². The number of hydrogen-bond acceptors (Lipinski definition) is 5.